The summed E-state index contributed by atoms with van der Waals surface area (Å²) in [6, 6.07) is 4.06. The van der Waals surface area contributed by atoms with E-state index in [1.165, 1.54) is 12.1 Å². The van der Waals surface area contributed by atoms with Gasteiger partial charge in [0.1, 0.15) is 11.6 Å². The highest BCUT2D eigenvalue weighted by molar-refractivity contribution is 5.18. The van der Waals surface area contributed by atoms with Crippen molar-refractivity contribution in [3.05, 3.63) is 35.4 Å². The molecule has 1 aromatic rings. The fourth-order valence-corrected chi connectivity index (χ4v) is 1.78. The van der Waals surface area contributed by atoms with Crippen LogP contribution in [0.15, 0.2) is 18.2 Å². The Morgan fingerprint density at radius 3 is 2.75 bits per heavy atom. The average molecular weight is 227 g/mol. The third-order valence-corrected chi connectivity index (χ3v) is 2.64. The number of aryl methyl sites for hydroxylation is 1. The molecule has 0 aliphatic rings. The van der Waals surface area contributed by atoms with Crippen LogP contribution in [0.5, 0.6) is 0 Å². The molecule has 0 heterocycles. The highest BCUT2D eigenvalue weighted by Gasteiger charge is 2.05. The maximum atomic E-state index is 13.3. The van der Waals surface area contributed by atoms with Crippen LogP contribution >= 0.6 is 0 Å². The SMILES string of the molecule is CCNC(C)CCCc1cc(F)ccc1F. The van der Waals surface area contributed by atoms with E-state index in [1.54, 1.807) is 0 Å². The Balaban J connectivity index is 2.39. The Morgan fingerprint density at radius 2 is 2.06 bits per heavy atom. The van der Waals surface area contributed by atoms with Gasteiger partial charge in [-0.05, 0) is 56.5 Å². The molecule has 1 rings (SSSR count). The summed E-state index contributed by atoms with van der Waals surface area (Å²) in [5, 5.41) is 3.29. The second-order valence-electron chi connectivity index (χ2n) is 4.09. The molecule has 3 heteroatoms. The Hall–Kier alpha value is -0.960. The van der Waals surface area contributed by atoms with Crippen LogP contribution in [-0.4, -0.2) is 12.6 Å². The highest BCUT2D eigenvalue weighted by Crippen LogP contribution is 2.13. The van der Waals surface area contributed by atoms with E-state index in [4.69, 9.17) is 0 Å². The minimum Gasteiger partial charge on any atom is -0.315 e. The molecule has 1 aromatic carbocycles. The van der Waals surface area contributed by atoms with Gasteiger partial charge in [0.25, 0.3) is 0 Å². The van der Waals surface area contributed by atoms with Gasteiger partial charge in [0, 0.05) is 6.04 Å². The Labute approximate surface area is 95.9 Å². The first-order chi connectivity index (χ1) is 7.63. The van der Waals surface area contributed by atoms with Crippen LogP contribution in [0.3, 0.4) is 0 Å². The summed E-state index contributed by atoms with van der Waals surface area (Å²) in [6.45, 7) is 5.10. The van der Waals surface area contributed by atoms with Gasteiger partial charge in [-0.1, -0.05) is 6.92 Å². The summed E-state index contributed by atoms with van der Waals surface area (Å²) in [4.78, 5) is 0. The molecule has 1 atom stereocenters. The molecule has 1 nitrogen and oxygen atoms in total. The second kappa shape index (κ2) is 6.59. The maximum absolute atomic E-state index is 13.3. The van der Waals surface area contributed by atoms with Gasteiger partial charge in [-0.2, -0.15) is 0 Å². The number of rotatable bonds is 6. The lowest BCUT2D eigenvalue weighted by molar-refractivity contribution is 0.506. The molecular formula is C13H19F2N. The van der Waals surface area contributed by atoms with Crippen molar-refractivity contribution in [1.82, 2.24) is 5.32 Å². The molecule has 0 radical (unpaired) electrons. The largest absolute Gasteiger partial charge is 0.315 e. The predicted octanol–water partition coefficient (Wildman–Crippen LogP) is 3.29. The molecule has 90 valence electrons. The van der Waals surface area contributed by atoms with Crippen LogP contribution in [0.1, 0.15) is 32.3 Å². The number of nitrogens with one attached hydrogen (secondary N) is 1. The molecule has 0 saturated carbocycles. The number of hydrogen-bond acceptors (Lipinski definition) is 1. The molecule has 0 spiro atoms. The quantitative estimate of drug-likeness (QED) is 0.786. The van der Waals surface area contributed by atoms with Crippen molar-refractivity contribution in [2.45, 2.75) is 39.2 Å². The summed E-state index contributed by atoms with van der Waals surface area (Å²) in [5.74, 6) is -0.673. The predicted molar refractivity (Wildman–Crippen MR) is 62.4 cm³/mol. The standard InChI is InChI=1S/C13H19F2N/c1-3-16-10(2)5-4-6-11-9-12(14)7-8-13(11)15/h7-10,16H,3-6H2,1-2H3. The Bertz CT molecular complexity index is 326. The lowest BCUT2D eigenvalue weighted by Gasteiger charge is -2.11. The lowest BCUT2D eigenvalue weighted by Crippen LogP contribution is -2.25. The molecule has 0 amide bonds. The van der Waals surface area contributed by atoms with Crippen molar-refractivity contribution in [2.75, 3.05) is 6.54 Å². The van der Waals surface area contributed by atoms with Gasteiger partial charge in [-0.15, -0.1) is 0 Å². The minimum absolute atomic E-state index is 0.308. The third kappa shape index (κ3) is 4.27. The summed E-state index contributed by atoms with van der Waals surface area (Å²) in [7, 11) is 0. The smallest absolute Gasteiger partial charge is 0.126 e. The lowest BCUT2D eigenvalue weighted by atomic mass is 10.0. The molecule has 1 unspecified atom stereocenters. The van der Waals surface area contributed by atoms with Crippen molar-refractivity contribution in [3.63, 3.8) is 0 Å². The fraction of sp³-hybridized carbons (Fsp3) is 0.538. The average Bonchev–Trinajstić information content (AvgIpc) is 2.23. The van der Waals surface area contributed by atoms with Gasteiger partial charge in [0.2, 0.25) is 0 Å². The summed E-state index contributed by atoms with van der Waals surface area (Å²) >= 11 is 0. The summed E-state index contributed by atoms with van der Waals surface area (Å²) in [5.41, 5.74) is 0.476. The van der Waals surface area contributed by atoms with E-state index in [-0.39, 0.29) is 11.6 Å². The Morgan fingerprint density at radius 1 is 1.31 bits per heavy atom. The molecule has 0 fully saturated rings. The number of hydrogen-bond donors (Lipinski definition) is 1. The van der Waals surface area contributed by atoms with Gasteiger partial charge >= 0.3 is 0 Å². The van der Waals surface area contributed by atoms with Crippen LogP contribution in [0.4, 0.5) is 8.78 Å². The molecule has 0 saturated heterocycles. The van der Waals surface area contributed by atoms with Gasteiger partial charge < -0.3 is 5.32 Å². The van der Waals surface area contributed by atoms with Crippen molar-refractivity contribution in [2.24, 2.45) is 0 Å². The van der Waals surface area contributed by atoms with Crippen molar-refractivity contribution in [1.29, 1.82) is 0 Å². The van der Waals surface area contributed by atoms with Crippen molar-refractivity contribution < 1.29 is 8.78 Å². The zero-order valence-corrected chi connectivity index (χ0v) is 9.89. The first kappa shape index (κ1) is 13.1. The fourth-order valence-electron chi connectivity index (χ4n) is 1.78. The molecule has 0 aliphatic carbocycles. The van der Waals surface area contributed by atoms with Gasteiger partial charge in [0.15, 0.2) is 0 Å². The van der Waals surface area contributed by atoms with E-state index in [9.17, 15) is 8.78 Å². The van der Waals surface area contributed by atoms with E-state index in [1.807, 2.05) is 0 Å². The summed E-state index contributed by atoms with van der Waals surface area (Å²) < 4.78 is 26.1. The third-order valence-electron chi connectivity index (χ3n) is 2.64. The van der Waals surface area contributed by atoms with Crippen molar-refractivity contribution >= 4 is 0 Å². The summed E-state index contributed by atoms with van der Waals surface area (Å²) in [6.07, 6.45) is 2.44. The molecule has 0 aliphatic heterocycles. The van der Waals surface area contributed by atoms with Gasteiger partial charge in [0.05, 0.1) is 0 Å². The molecule has 0 bridgehead atoms. The van der Waals surface area contributed by atoms with Crippen LogP contribution in [0, 0.1) is 11.6 Å². The highest BCUT2D eigenvalue weighted by atomic mass is 19.1. The topological polar surface area (TPSA) is 12.0 Å². The van der Waals surface area contributed by atoms with Crippen molar-refractivity contribution in [3.8, 4) is 0 Å². The van der Waals surface area contributed by atoms with E-state index in [2.05, 4.69) is 19.2 Å². The van der Waals surface area contributed by atoms with E-state index in [0.717, 1.165) is 25.5 Å². The second-order valence-corrected chi connectivity index (χ2v) is 4.09. The molecule has 16 heavy (non-hydrogen) atoms. The zero-order chi connectivity index (χ0) is 12.0. The van der Waals surface area contributed by atoms with Gasteiger partial charge in [-0.3, -0.25) is 0 Å². The van der Waals surface area contributed by atoms with E-state index < -0.39 is 0 Å². The maximum Gasteiger partial charge on any atom is 0.126 e. The normalized spacial score (nSPS) is 12.8. The Kier molecular flexibility index (Phi) is 5.39. The molecular weight excluding hydrogens is 208 g/mol. The van der Waals surface area contributed by atoms with Crippen LogP contribution in [-0.2, 0) is 6.42 Å². The number of benzene rings is 1. The molecule has 0 aromatic heterocycles. The molecule has 1 N–H and O–H groups in total. The van der Waals surface area contributed by atoms with Crippen LogP contribution in [0.2, 0.25) is 0 Å². The van der Waals surface area contributed by atoms with E-state index >= 15 is 0 Å². The first-order valence-electron chi connectivity index (χ1n) is 5.80. The zero-order valence-electron chi connectivity index (χ0n) is 9.89. The number of halogens is 2. The monoisotopic (exact) mass is 227 g/mol. The van der Waals surface area contributed by atoms with Crippen LogP contribution < -0.4 is 5.32 Å². The minimum atomic E-state index is -0.365. The van der Waals surface area contributed by atoms with Gasteiger partial charge in [-0.25, -0.2) is 8.78 Å². The first-order valence-corrected chi connectivity index (χ1v) is 5.80. The van der Waals surface area contributed by atoms with Crippen LogP contribution in [0.25, 0.3) is 0 Å². The van der Waals surface area contributed by atoms with E-state index in [0.29, 0.717) is 18.0 Å².